The Bertz CT molecular complexity index is 202. The van der Waals surface area contributed by atoms with Crippen molar-refractivity contribution in [1.29, 1.82) is 0 Å². The van der Waals surface area contributed by atoms with E-state index in [-0.39, 0.29) is 18.6 Å². The van der Waals surface area contributed by atoms with Crippen molar-refractivity contribution in [3.8, 4) is 0 Å². The lowest BCUT2D eigenvalue weighted by molar-refractivity contribution is -0.139. The van der Waals surface area contributed by atoms with E-state index in [0.717, 1.165) is 12.8 Å². The van der Waals surface area contributed by atoms with Crippen LogP contribution in [0.4, 0.5) is 4.79 Å². The van der Waals surface area contributed by atoms with E-state index in [0.29, 0.717) is 0 Å². The van der Waals surface area contributed by atoms with Gasteiger partial charge in [-0.25, -0.2) is 4.79 Å². The predicted molar refractivity (Wildman–Crippen MR) is 46.2 cm³/mol. The highest BCUT2D eigenvalue weighted by molar-refractivity contribution is 5.80. The van der Waals surface area contributed by atoms with Crippen molar-refractivity contribution in [2.45, 2.75) is 25.3 Å². The third-order valence-electron chi connectivity index (χ3n) is 2.06. The summed E-state index contributed by atoms with van der Waals surface area (Å²) >= 11 is 0. The summed E-state index contributed by atoms with van der Waals surface area (Å²) in [6, 6.07) is -0.00672. The second-order valence-electron chi connectivity index (χ2n) is 3.03. The zero-order valence-electron chi connectivity index (χ0n) is 7.63. The van der Waals surface area contributed by atoms with Crippen molar-refractivity contribution < 1.29 is 14.3 Å². The lowest BCUT2D eigenvalue weighted by Crippen LogP contribution is -2.46. The van der Waals surface area contributed by atoms with Crippen LogP contribution in [0.1, 0.15) is 19.3 Å². The number of hydrogen-bond donors (Lipinski definition) is 2. The number of amides is 2. The van der Waals surface area contributed by atoms with Crippen LogP contribution in [0.25, 0.3) is 0 Å². The first-order valence-corrected chi connectivity index (χ1v) is 4.33. The van der Waals surface area contributed by atoms with Crippen LogP contribution in [0.15, 0.2) is 0 Å². The molecule has 0 aromatic carbocycles. The topological polar surface area (TPSA) is 67.4 Å². The fourth-order valence-corrected chi connectivity index (χ4v) is 1.01. The van der Waals surface area contributed by atoms with Gasteiger partial charge in [-0.15, -0.1) is 0 Å². The molecule has 5 heteroatoms. The minimum atomic E-state index is -0.441. The summed E-state index contributed by atoms with van der Waals surface area (Å²) in [6.45, 7) is -0.0744. The van der Waals surface area contributed by atoms with Gasteiger partial charge in [0.15, 0.2) is 0 Å². The number of esters is 1. The fourth-order valence-electron chi connectivity index (χ4n) is 1.01. The molecule has 1 aliphatic carbocycles. The van der Waals surface area contributed by atoms with Crippen LogP contribution < -0.4 is 10.6 Å². The maximum atomic E-state index is 11.0. The van der Waals surface area contributed by atoms with E-state index in [1.807, 2.05) is 0 Å². The molecule has 5 nitrogen and oxygen atoms in total. The van der Waals surface area contributed by atoms with Crippen molar-refractivity contribution in [2.24, 2.45) is 0 Å². The van der Waals surface area contributed by atoms with Crippen molar-refractivity contribution in [2.75, 3.05) is 13.7 Å². The van der Waals surface area contributed by atoms with Gasteiger partial charge in [-0.2, -0.15) is 0 Å². The van der Waals surface area contributed by atoms with Crippen LogP contribution in [0.3, 0.4) is 0 Å². The van der Waals surface area contributed by atoms with E-state index in [2.05, 4.69) is 15.4 Å². The molecule has 0 aromatic heterocycles. The summed E-state index contributed by atoms with van der Waals surface area (Å²) in [7, 11) is 1.29. The summed E-state index contributed by atoms with van der Waals surface area (Å²) in [4.78, 5) is 21.7. The standard InChI is InChI=1S/C8H14N2O3/c1-13-7(11)5-9-8(12)10-6-3-2-4-6/h6H,2-5H2,1H3,(H2,9,10,12). The molecule has 0 aromatic rings. The first-order valence-electron chi connectivity index (χ1n) is 4.33. The summed E-state index contributed by atoms with van der Waals surface area (Å²) < 4.78 is 4.36. The molecule has 0 saturated heterocycles. The van der Waals surface area contributed by atoms with Crippen LogP contribution in [0, 0.1) is 0 Å². The summed E-state index contributed by atoms with van der Waals surface area (Å²) in [5, 5.41) is 5.15. The zero-order chi connectivity index (χ0) is 9.68. The number of hydrogen-bond acceptors (Lipinski definition) is 3. The first kappa shape index (κ1) is 9.83. The largest absolute Gasteiger partial charge is 0.468 e. The van der Waals surface area contributed by atoms with E-state index < -0.39 is 5.97 Å². The van der Waals surface area contributed by atoms with Gasteiger partial charge in [0.25, 0.3) is 0 Å². The molecule has 0 atom stereocenters. The molecule has 0 aliphatic heterocycles. The van der Waals surface area contributed by atoms with Crippen molar-refractivity contribution >= 4 is 12.0 Å². The molecule has 0 radical (unpaired) electrons. The van der Waals surface area contributed by atoms with Gasteiger partial charge in [0.05, 0.1) is 7.11 Å². The number of nitrogens with one attached hydrogen (secondary N) is 2. The van der Waals surface area contributed by atoms with Crippen molar-refractivity contribution in [1.82, 2.24) is 10.6 Å². The fraction of sp³-hybridized carbons (Fsp3) is 0.750. The van der Waals surface area contributed by atoms with Crippen LogP contribution in [-0.4, -0.2) is 31.7 Å². The lowest BCUT2D eigenvalue weighted by atomic mass is 9.93. The highest BCUT2D eigenvalue weighted by atomic mass is 16.5. The molecular weight excluding hydrogens is 172 g/mol. The van der Waals surface area contributed by atoms with E-state index in [1.54, 1.807) is 0 Å². The van der Waals surface area contributed by atoms with E-state index in [9.17, 15) is 9.59 Å². The quantitative estimate of drug-likeness (QED) is 0.610. The van der Waals surface area contributed by atoms with Gasteiger partial charge in [0.1, 0.15) is 6.54 Å². The van der Waals surface area contributed by atoms with E-state index >= 15 is 0 Å². The molecule has 2 N–H and O–H groups in total. The summed E-state index contributed by atoms with van der Waals surface area (Å²) in [5.41, 5.74) is 0. The highest BCUT2D eigenvalue weighted by Crippen LogP contribution is 2.17. The van der Waals surface area contributed by atoms with Gasteiger partial charge in [0.2, 0.25) is 0 Å². The molecule has 13 heavy (non-hydrogen) atoms. The number of ether oxygens (including phenoxy) is 1. The Morgan fingerprint density at radius 1 is 1.46 bits per heavy atom. The number of urea groups is 1. The third kappa shape index (κ3) is 3.31. The molecule has 1 aliphatic rings. The molecule has 2 amide bonds. The van der Waals surface area contributed by atoms with Crippen LogP contribution in [-0.2, 0) is 9.53 Å². The zero-order valence-corrected chi connectivity index (χ0v) is 7.63. The normalized spacial score (nSPS) is 15.8. The molecule has 1 fully saturated rings. The Labute approximate surface area is 76.8 Å². The molecule has 0 bridgehead atoms. The average Bonchev–Trinajstić information content (AvgIpc) is 2.07. The Morgan fingerprint density at radius 2 is 2.15 bits per heavy atom. The Morgan fingerprint density at radius 3 is 2.62 bits per heavy atom. The number of methoxy groups -OCH3 is 1. The first-order chi connectivity index (χ1) is 6.22. The molecular formula is C8H14N2O3. The molecule has 74 valence electrons. The summed E-state index contributed by atoms with van der Waals surface area (Å²) in [6.07, 6.45) is 3.24. The number of carbonyl (C=O) groups excluding carboxylic acids is 2. The second kappa shape index (κ2) is 4.69. The molecule has 1 rings (SSSR count). The van der Waals surface area contributed by atoms with Gasteiger partial charge >= 0.3 is 12.0 Å². The third-order valence-corrected chi connectivity index (χ3v) is 2.06. The minimum absolute atomic E-state index is 0.0744. The monoisotopic (exact) mass is 186 g/mol. The average molecular weight is 186 g/mol. The molecule has 0 spiro atoms. The van der Waals surface area contributed by atoms with Crippen LogP contribution in [0.5, 0.6) is 0 Å². The predicted octanol–water partition coefficient (Wildman–Crippen LogP) is 0.0111. The molecule has 0 unspecified atom stereocenters. The van der Waals surface area contributed by atoms with Gasteiger partial charge < -0.3 is 15.4 Å². The van der Waals surface area contributed by atoms with Gasteiger partial charge in [-0.05, 0) is 19.3 Å². The van der Waals surface area contributed by atoms with Crippen molar-refractivity contribution in [3.63, 3.8) is 0 Å². The summed E-state index contributed by atoms with van der Waals surface area (Å²) in [5.74, 6) is -0.441. The molecule has 0 heterocycles. The maximum absolute atomic E-state index is 11.0. The Kier molecular flexibility index (Phi) is 3.54. The SMILES string of the molecule is COC(=O)CNC(=O)NC1CCC1. The van der Waals surface area contributed by atoms with Gasteiger partial charge in [-0.1, -0.05) is 0 Å². The number of carbonyl (C=O) groups is 2. The lowest BCUT2D eigenvalue weighted by Gasteiger charge is -2.26. The second-order valence-corrected chi connectivity index (χ2v) is 3.03. The van der Waals surface area contributed by atoms with Crippen molar-refractivity contribution in [3.05, 3.63) is 0 Å². The van der Waals surface area contributed by atoms with Crippen LogP contribution in [0.2, 0.25) is 0 Å². The molecule has 1 saturated carbocycles. The minimum Gasteiger partial charge on any atom is -0.468 e. The Balaban J connectivity index is 2.06. The Hall–Kier alpha value is -1.26. The highest BCUT2D eigenvalue weighted by Gasteiger charge is 2.19. The number of rotatable bonds is 3. The van der Waals surface area contributed by atoms with E-state index in [1.165, 1.54) is 13.5 Å². The van der Waals surface area contributed by atoms with Gasteiger partial charge in [0, 0.05) is 6.04 Å². The van der Waals surface area contributed by atoms with Crippen LogP contribution >= 0.6 is 0 Å². The van der Waals surface area contributed by atoms with Gasteiger partial charge in [-0.3, -0.25) is 4.79 Å². The smallest absolute Gasteiger partial charge is 0.325 e. The maximum Gasteiger partial charge on any atom is 0.325 e. The van der Waals surface area contributed by atoms with E-state index in [4.69, 9.17) is 0 Å².